The number of carbonyl (C=O) groups is 1. The zero-order valence-corrected chi connectivity index (χ0v) is 19.6. The Bertz CT molecular complexity index is 1230. The number of nitrogens with one attached hydrogen (secondary N) is 1. The molecule has 1 saturated heterocycles. The lowest BCUT2D eigenvalue weighted by Gasteiger charge is -2.32. The molecule has 0 atom stereocenters. The maximum Gasteiger partial charge on any atom is 0.254 e. The van der Waals surface area contributed by atoms with Crippen LogP contribution in [0.5, 0.6) is 0 Å². The first-order valence-electron chi connectivity index (χ1n) is 9.97. The molecule has 0 bridgehead atoms. The van der Waals surface area contributed by atoms with Crippen molar-refractivity contribution in [1.29, 1.82) is 0 Å². The normalized spacial score (nSPS) is 14.8. The second kappa shape index (κ2) is 8.61. The van der Waals surface area contributed by atoms with Gasteiger partial charge in [-0.15, -0.1) is 0 Å². The van der Waals surface area contributed by atoms with E-state index in [1.54, 1.807) is 22.0 Å². The molecular formula is C22H19BrClN5OS. The van der Waals surface area contributed by atoms with Gasteiger partial charge in [-0.1, -0.05) is 29.8 Å². The number of hydrogen-bond donors (Lipinski definition) is 1. The Balaban J connectivity index is 1.38. The average Bonchev–Trinajstić information content (AvgIpc) is 3.45. The van der Waals surface area contributed by atoms with Crippen LogP contribution >= 0.6 is 38.9 Å². The number of piperidine rings is 1. The lowest BCUT2D eigenvalue weighted by Crippen LogP contribution is -2.42. The summed E-state index contributed by atoms with van der Waals surface area (Å²) in [5.41, 5.74) is 3.16. The number of likely N-dealkylation sites (tertiary alicyclic amines) is 1. The summed E-state index contributed by atoms with van der Waals surface area (Å²) in [4.78, 5) is 19.3. The Morgan fingerprint density at radius 2 is 2.03 bits per heavy atom. The van der Waals surface area contributed by atoms with Crippen LogP contribution in [0.4, 0.5) is 5.82 Å². The van der Waals surface area contributed by atoms with Crippen LogP contribution in [0.3, 0.4) is 0 Å². The molecule has 1 aromatic carbocycles. The fraction of sp³-hybridized carbons (Fsp3) is 0.227. The van der Waals surface area contributed by atoms with E-state index < -0.39 is 0 Å². The Labute approximate surface area is 197 Å². The van der Waals surface area contributed by atoms with Crippen LogP contribution in [0.25, 0.3) is 16.9 Å². The topological polar surface area (TPSA) is 62.5 Å². The smallest absolute Gasteiger partial charge is 0.254 e. The van der Waals surface area contributed by atoms with Crippen LogP contribution in [0.1, 0.15) is 23.2 Å². The number of thiophene rings is 1. The predicted octanol–water partition coefficient (Wildman–Crippen LogP) is 5.59. The van der Waals surface area contributed by atoms with Gasteiger partial charge >= 0.3 is 0 Å². The molecule has 1 aliphatic heterocycles. The average molecular weight is 517 g/mol. The van der Waals surface area contributed by atoms with E-state index >= 15 is 0 Å². The first-order valence-corrected chi connectivity index (χ1v) is 12.1. The zero-order valence-electron chi connectivity index (χ0n) is 16.5. The number of carbonyl (C=O) groups excluding carboxylic acids is 1. The number of anilines is 1. The molecule has 31 heavy (non-hydrogen) atoms. The summed E-state index contributed by atoms with van der Waals surface area (Å²) in [6.07, 6.45) is 3.47. The van der Waals surface area contributed by atoms with Crippen molar-refractivity contribution in [3.8, 4) is 11.3 Å². The highest BCUT2D eigenvalue weighted by Crippen LogP contribution is 2.31. The largest absolute Gasteiger partial charge is 0.367 e. The Kier molecular flexibility index (Phi) is 5.69. The fourth-order valence-corrected chi connectivity index (χ4v) is 5.06. The zero-order chi connectivity index (χ0) is 21.4. The van der Waals surface area contributed by atoms with Gasteiger partial charge in [0.2, 0.25) is 0 Å². The van der Waals surface area contributed by atoms with Crippen molar-refractivity contribution in [3.05, 3.63) is 68.4 Å². The quantitative estimate of drug-likeness (QED) is 0.384. The van der Waals surface area contributed by atoms with Crippen LogP contribution in [0, 0.1) is 0 Å². The summed E-state index contributed by atoms with van der Waals surface area (Å²) < 4.78 is 2.62. The number of amides is 1. The molecule has 0 radical (unpaired) electrons. The highest BCUT2D eigenvalue weighted by molar-refractivity contribution is 9.10. The Hall–Kier alpha value is -2.42. The second-order valence-corrected chi connectivity index (χ2v) is 9.50. The Morgan fingerprint density at radius 3 is 2.77 bits per heavy atom. The molecule has 3 aromatic heterocycles. The molecule has 9 heteroatoms. The number of nitrogens with zero attached hydrogens (tertiary/aromatic N) is 4. The maximum absolute atomic E-state index is 12.6. The molecule has 1 aliphatic rings. The number of fused-ring (bicyclic) bond motifs is 1. The van der Waals surface area contributed by atoms with Gasteiger partial charge in [-0.05, 0) is 46.3 Å². The van der Waals surface area contributed by atoms with E-state index in [4.69, 9.17) is 16.6 Å². The summed E-state index contributed by atoms with van der Waals surface area (Å²) in [5, 5.41) is 12.6. The lowest BCUT2D eigenvalue weighted by molar-refractivity contribution is 0.0719. The third-order valence-electron chi connectivity index (χ3n) is 5.48. The van der Waals surface area contributed by atoms with Gasteiger partial charge in [0.25, 0.3) is 5.91 Å². The third-order valence-corrected chi connectivity index (χ3v) is 7.05. The molecule has 5 rings (SSSR count). The number of rotatable bonds is 4. The van der Waals surface area contributed by atoms with Crippen molar-refractivity contribution in [2.24, 2.45) is 0 Å². The monoisotopic (exact) mass is 515 g/mol. The van der Waals surface area contributed by atoms with Crippen molar-refractivity contribution < 1.29 is 4.79 Å². The second-order valence-electron chi connectivity index (χ2n) is 7.46. The summed E-state index contributed by atoms with van der Waals surface area (Å²) in [6, 6.07) is 11.8. The summed E-state index contributed by atoms with van der Waals surface area (Å²) >= 11 is 11.5. The van der Waals surface area contributed by atoms with Crippen molar-refractivity contribution >= 4 is 56.2 Å². The van der Waals surface area contributed by atoms with Crippen LogP contribution in [-0.2, 0) is 0 Å². The molecule has 1 amide bonds. The highest BCUT2D eigenvalue weighted by Gasteiger charge is 2.25. The first-order chi connectivity index (χ1) is 15.1. The van der Waals surface area contributed by atoms with E-state index in [2.05, 4.69) is 26.3 Å². The SMILES string of the molecule is O=C(c1ccsc1)N1CCC(Nc2cc(-c3ccccc3Cl)nc3c(Br)cnn23)CC1. The van der Waals surface area contributed by atoms with Crippen LogP contribution < -0.4 is 5.32 Å². The van der Waals surface area contributed by atoms with Gasteiger partial charge in [-0.3, -0.25) is 4.79 Å². The first kappa shape index (κ1) is 20.5. The van der Waals surface area contributed by atoms with Crippen molar-refractivity contribution in [1.82, 2.24) is 19.5 Å². The fourth-order valence-electron chi connectivity index (χ4n) is 3.85. The van der Waals surface area contributed by atoms with Crippen molar-refractivity contribution in [2.75, 3.05) is 18.4 Å². The van der Waals surface area contributed by atoms with E-state index in [1.807, 2.05) is 52.1 Å². The van der Waals surface area contributed by atoms with Crippen LogP contribution in [-0.4, -0.2) is 44.5 Å². The van der Waals surface area contributed by atoms with Gasteiger partial charge < -0.3 is 10.2 Å². The van der Waals surface area contributed by atoms with E-state index in [0.29, 0.717) is 5.02 Å². The minimum absolute atomic E-state index is 0.114. The molecule has 1 N–H and O–H groups in total. The van der Waals surface area contributed by atoms with E-state index in [9.17, 15) is 4.79 Å². The molecule has 158 valence electrons. The summed E-state index contributed by atoms with van der Waals surface area (Å²) in [5.74, 6) is 0.969. The van der Waals surface area contributed by atoms with Gasteiger partial charge in [0, 0.05) is 41.2 Å². The van der Waals surface area contributed by atoms with Crippen molar-refractivity contribution in [3.63, 3.8) is 0 Å². The molecule has 0 saturated carbocycles. The van der Waals surface area contributed by atoms with Gasteiger partial charge in [0.1, 0.15) is 5.82 Å². The number of aromatic nitrogens is 3. The van der Waals surface area contributed by atoms with Gasteiger partial charge in [-0.25, -0.2) is 4.98 Å². The van der Waals surface area contributed by atoms with Crippen LogP contribution in [0.15, 0.2) is 57.8 Å². The van der Waals surface area contributed by atoms with E-state index in [0.717, 1.165) is 58.7 Å². The number of halogens is 2. The summed E-state index contributed by atoms with van der Waals surface area (Å²) in [6.45, 7) is 1.45. The van der Waals surface area contributed by atoms with E-state index in [1.165, 1.54) is 0 Å². The minimum Gasteiger partial charge on any atom is -0.367 e. The molecular weight excluding hydrogens is 498 g/mol. The molecule has 0 spiro atoms. The molecule has 0 unspecified atom stereocenters. The number of benzene rings is 1. The lowest BCUT2D eigenvalue weighted by atomic mass is 10.0. The molecule has 1 fully saturated rings. The van der Waals surface area contributed by atoms with Gasteiger partial charge in [-0.2, -0.15) is 21.0 Å². The Morgan fingerprint density at radius 1 is 1.23 bits per heavy atom. The third kappa shape index (κ3) is 4.07. The van der Waals surface area contributed by atoms with Crippen LogP contribution in [0.2, 0.25) is 5.02 Å². The van der Waals surface area contributed by atoms with Gasteiger partial charge in [0.15, 0.2) is 5.65 Å². The molecule has 0 aliphatic carbocycles. The number of hydrogen-bond acceptors (Lipinski definition) is 5. The van der Waals surface area contributed by atoms with E-state index in [-0.39, 0.29) is 11.9 Å². The standard InChI is InChI=1S/C22H19BrClN5OS/c23-17-12-25-29-20(11-19(27-21(17)29)16-3-1-2-4-18(16)24)26-15-5-8-28(9-6-15)22(30)14-7-10-31-13-14/h1-4,7,10-13,15,26H,5-6,8-9H2. The summed E-state index contributed by atoms with van der Waals surface area (Å²) in [7, 11) is 0. The highest BCUT2D eigenvalue weighted by atomic mass is 79.9. The van der Waals surface area contributed by atoms with Crippen molar-refractivity contribution in [2.45, 2.75) is 18.9 Å². The molecule has 4 aromatic rings. The predicted molar refractivity (Wildman–Crippen MR) is 128 cm³/mol. The van der Waals surface area contributed by atoms with Gasteiger partial charge in [0.05, 0.1) is 21.9 Å². The minimum atomic E-state index is 0.114. The molecule has 6 nitrogen and oxygen atoms in total. The molecule has 4 heterocycles. The maximum atomic E-state index is 12.6.